The summed E-state index contributed by atoms with van der Waals surface area (Å²) in [5.41, 5.74) is 12.9. The highest BCUT2D eigenvalue weighted by molar-refractivity contribution is 5.83. The number of hydrogen-bond acceptors (Lipinski definition) is 3. The molecule has 3 aromatic carbocycles. The molecule has 0 aromatic heterocycles. The lowest BCUT2D eigenvalue weighted by molar-refractivity contribution is 0.924. The lowest BCUT2D eigenvalue weighted by Crippen LogP contribution is -2.12. The number of allylic oxidation sites excluding steroid dienone is 3. The van der Waals surface area contributed by atoms with E-state index in [1.54, 1.807) is 0 Å². The van der Waals surface area contributed by atoms with Crippen molar-refractivity contribution in [2.45, 2.75) is 33.1 Å². The van der Waals surface area contributed by atoms with Gasteiger partial charge in [0.1, 0.15) is 0 Å². The number of nitrogens with one attached hydrogen (secondary N) is 3. The van der Waals surface area contributed by atoms with Crippen LogP contribution in [0.3, 0.4) is 0 Å². The van der Waals surface area contributed by atoms with Crippen LogP contribution in [-0.2, 0) is 0 Å². The van der Waals surface area contributed by atoms with Gasteiger partial charge in [0.05, 0.1) is 5.70 Å². The summed E-state index contributed by atoms with van der Waals surface area (Å²) in [5, 5.41) is 10.9. The van der Waals surface area contributed by atoms with E-state index < -0.39 is 0 Å². The predicted octanol–water partition coefficient (Wildman–Crippen LogP) is 7.76. The Morgan fingerprint density at radius 1 is 0.882 bits per heavy atom. The van der Waals surface area contributed by atoms with E-state index >= 15 is 0 Å². The van der Waals surface area contributed by atoms with Crippen LogP contribution in [0.5, 0.6) is 0 Å². The molecule has 0 unspecified atom stereocenters. The molecule has 0 radical (unpaired) electrons. The summed E-state index contributed by atoms with van der Waals surface area (Å²) in [7, 11) is 0. The number of rotatable bonds is 6. The Bertz CT molecular complexity index is 1320. The largest absolute Gasteiger partial charge is 0.357 e. The molecule has 0 amide bonds. The van der Waals surface area contributed by atoms with E-state index in [0.29, 0.717) is 0 Å². The minimum Gasteiger partial charge on any atom is -0.357 e. The van der Waals surface area contributed by atoms with Crippen LogP contribution < -0.4 is 16.0 Å². The van der Waals surface area contributed by atoms with Gasteiger partial charge in [0, 0.05) is 40.5 Å². The number of benzene rings is 3. The third-order valence-corrected chi connectivity index (χ3v) is 6.50. The number of aryl methyl sites for hydroxylation is 2. The molecule has 0 saturated heterocycles. The first-order valence-corrected chi connectivity index (χ1v) is 11.9. The van der Waals surface area contributed by atoms with Crippen molar-refractivity contribution in [1.82, 2.24) is 5.32 Å². The van der Waals surface area contributed by atoms with Gasteiger partial charge in [-0.05, 0) is 67.7 Å². The Morgan fingerprint density at radius 3 is 2.41 bits per heavy atom. The molecule has 170 valence electrons. The Kier molecular flexibility index (Phi) is 6.09. The van der Waals surface area contributed by atoms with Gasteiger partial charge in [-0.3, -0.25) is 0 Å². The normalized spacial score (nSPS) is 16.1. The smallest absolute Gasteiger partial charge is 0.0660 e. The Labute approximate surface area is 202 Å². The zero-order valence-electron chi connectivity index (χ0n) is 19.9. The van der Waals surface area contributed by atoms with Crippen LogP contribution in [0.15, 0.2) is 108 Å². The van der Waals surface area contributed by atoms with Crippen LogP contribution in [0.1, 0.15) is 41.5 Å². The number of hydrogen-bond donors (Lipinski definition) is 3. The molecule has 0 fully saturated rings. The first kappa shape index (κ1) is 21.8. The summed E-state index contributed by atoms with van der Waals surface area (Å²) in [5.74, 6) is 0. The molecular weight excluding hydrogens is 414 g/mol. The Balaban J connectivity index is 1.43. The molecule has 3 nitrogen and oxygen atoms in total. The van der Waals surface area contributed by atoms with Gasteiger partial charge in [0.25, 0.3) is 0 Å². The van der Waals surface area contributed by atoms with E-state index in [1.807, 2.05) is 0 Å². The van der Waals surface area contributed by atoms with Gasteiger partial charge in [-0.15, -0.1) is 0 Å². The molecule has 1 aliphatic carbocycles. The topological polar surface area (TPSA) is 36.1 Å². The molecule has 3 aromatic rings. The monoisotopic (exact) mass is 445 g/mol. The van der Waals surface area contributed by atoms with E-state index in [2.05, 4.69) is 121 Å². The highest BCUT2D eigenvalue weighted by atomic mass is 15.0. The van der Waals surface area contributed by atoms with Gasteiger partial charge in [0.15, 0.2) is 0 Å². The number of anilines is 2. The first-order chi connectivity index (χ1) is 16.6. The second-order valence-corrected chi connectivity index (χ2v) is 9.10. The minimum absolute atomic E-state index is 0.885. The molecule has 3 heteroatoms. The summed E-state index contributed by atoms with van der Waals surface area (Å²) in [6.07, 6.45) is 7.69. The minimum atomic E-state index is 0.885. The van der Waals surface area contributed by atoms with Crippen LogP contribution >= 0.6 is 0 Å². The molecule has 2 aliphatic rings. The predicted molar refractivity (Wildman–Crippen MR) is 145 cm³/mol. The molecule has 0 saturated carbocycles. The van der Waals surface area contributed by atoms with Crippen LogP contribution in [0.2, 0.25) is 0 Å². The van der Waals surface area contributed by atoms with Gasteiger partial charge in [0.2, 0.25) is 0 Å². The van der Waals surface area contributed by atoms with Crippen molar-refractivity contribution < 1.29 is 0 Å². The standard InChI is InChI=1S/C31H31N3/c1-21-15-17-24(18-16-21)23(3)32-26-11-8-12-27(20-26)33-31(28-13-6-4-9-22(28)2)30-19-25-10-5-7-14-29(25)34-30/h4,6-9,11-18,20,32-34H,3,5,10,19H2,1-2H3/b31-30-. The second-order valence-electron chi connectivity index (χ2n) is 9.10. The maximum atomic E-state index is 4.24. The zero-order chi connectivity index (χ0) is 23.5. The maximum Gasteiger partial charge on any atom is 0.0660 e. The summed E-state index contributed by atoms with van der Waals surface area (Å²) < 4.78 is 0. The molecule has 1 heterocycles. The van der Waals surface area contributed by atoms with Crippen molar-refractivity contribution in [3.63, 3.8) is 0 Å². The van der Waals surface area contributed by atoms with Gasteiger partial charge in [-0.1, -0.05) is 72.8 Å². The van der Waals surface area contributed by atoms with E-state index in [0.717, 1.165) is 47.6 Å². The highest BCUT2D eigenvalue weighted by Crippen LogP contribution is 2.35. The van der Waals surface area contributed by atoms with Gasteiger partial charge >= 0.3 is 0 Å². The molecule has 0 spiro atoms. The van der Waals surface area contributed by atoms with E-state index in [9.17, 15) is 0 Å². The molecule has 3 N–H and O–H groups in total. The Hall–Kier alpha value is -3.98. The van der Waals surface area contributed by atoms with Gasteiger partial charge < -0.3 is 16.0 Å². The van der Waals surface area contributed by atoms with E-state index in [-0.39, 0.29) is 0 Å². The van der Waals surface area contributed by atoms with Crippen LogP contribution in [-0.4, -0.2) is 0 Å². The van der Waals surface area contributed by atoms with E-state index in [1.165, 1.54) is 33.7 Å². The fourth-order valence-electron chi connectivity index (χ4n) is 4.57. The first-order valence-electron chi connectivity index (χ1n) is 11.9. The summed E-state index contributed by atoms with van der Waals surface area (Å²) in [6, 6.07) is 25.4. The van der Waals surface area contributed by atoms with Crippen molar-refractivity contribution in [3.05, 3.63) is 131 Å². The average Bonchev–Trinajstić information content (AvgIpc) is 3.28. The summed E-state index contributed by atoms with van der Waals surface area (Å²) in [4.78, 5) is 0. The van der Waals surface area contributed by atoms with Crippen molar-refractivity contribution in [1.29, 1.82) is 0 Å². The van der Waals surface area contributed by atoms with Crippen molar-refractivity contribution in [2.24, 2.45) is 0 Å². The summed E-state index contributed by atoms with van der Waals surface area (Å²) in [6.45, 7) is 8.51. The van der Waals surface area contributed by atoms with Crippen molar-refractivity contribution in [2.75, 3.05) is 10.6 Å². The van der Waals surface area contributed by atoms with Crippen LogP contribution in [0, 0.1) is 13.8 Å². The highest BCUT2D eigenvalue weighted by Gasteiger charge is 2.22. The molecule has 0 atom stereocenters. The molecule has 0 bridgehead atoms. The van der Waals surface area contributed by atoms with Gasteiger partial charge in [-0.25, -0.2) is 0 Å². The average molecular weight is 446 g/mol. The lowest BCUT2D eigenvalue weighted by atomic mass is 9.99. The van der Waals surface area contributed by atoms with E-state index in [4.69, 9.17) is 0 Å². The maximum absolute atomic E-state index is 4.24. The quantitative estimate of drug-likeness (QED) is 0.363. The second kappa shape index (κ2) is 9.48. The lowest BCUT2D eigenvalue weighted by Gasteiger charge is -2.19. The van der Waals surface area contributed by atoms with Crippen molar-refractivity contribution >= 4 is 22.8 Å². The molecule has 5 rings (SSSR count). The van der Waals surface area contributed by atoms with Crippen LogP contribution in [0.4, 0.5) is 11.4 Å². The third-order valence-electron chi connectivity index (χ3n) is 6.50. The molecule has 34 heavy (non-hydrogen) atoms. The van der Waals surface area contributed by atoms with Crippen molar-refractivity contribution in [3.8, 4) is 0 Å². The molecule has 1 aliphatic heterocycles. The third kappa shape index (κ3) is 4.69. The fourth-order valence-corrected chi connectivity index (χ4v) is 4.57. The van der Waals surface area contributed by atoms with Gasteiger partial charge in [-0.2, -0.15) is 0 Å². The molecular formula is C31H31N3. The fraction of sp³-hybridized carbons (Fsp3) is 0.161. The zero-order valence-corrected chi connectivity index (χ0v) is 19.9. The Morgan fingerprint density at radius 2 is 1.65 bits per heavy atom. The summed E-state index contributed by atoms with van der Waals surface area (Å²) >= 11 is 0. The SMILES string of the molecule is C=C(Nc1cccc(N/C(=C2/CC3=C(C=CCC3)N2)c2ccccc2C)c1)c1ccc(C)cc1. The van der Waals surface area contributed by atoms with Crippen LogP contribution in [0.25, 0.3) is 11.4 Å².